The molecule has 1 atom stereocenters. The second-order valence-corrected chi connectivity index (χ2v) is 5.50. The van der Waals surface area contributed by atoms with Gasteiger partial charge in [0.2, 0.25) is 0 Å². The molecule has 1 aliphatic rings. The zero-order chi connectivity index (χ0) is 17.1. The van der Waals surface area contributed by atoms with Crippen molar-refractivity contribution in [2.75, 3.05) is 13.7 Å². The molecule has 1 amide bonds. The van der Waals surface area contributed by atoms with Crippen LogP contribution in [0.5, 0.6) is 11.5 Å². The number of hydrogen-bond acceptors (Lipinski definition) is 5. The van der Waals surface area contributed by atoms with E-state index in [0.29, 0.717) is 12.1 Å². The number of aliphatic hydroxyl groups is 1. The zero-order valence-electron chi connectivity index (χ0n) is 13.5. The van der Waals surface area contributed by atoms with Crippen molar-refractivity contribution in [3.63, 3.8) is 0 Å². The number of aromatic hydroxyl groups is 1. The van der Waals surface area contributed by atoms with Crippen molar-refractivity contribution in [2.45, 2.75) is 32.7 Å². The fourth-order valence-corrected chi connectivity index (χ4v) is 2.78. The van der Waals surface area contributed by atoms with E-state index < -0.39 is 17.7 Å². The number of carbonyl (C=O) groups is 2. The first-order valence-corrected chi connectivity index (χ1v) is 7.54. The molecule has 0 radical (unpaired) electrons. The molecule has 2 N–H and O–H groups in total. The number of phenols is 1. The van der Waals surface area contributed by atoms with Crippen LogP contribution in [0.25, 0.3) is 0 Å². The van der Waals surface area contributed by atoms with Gasteiger partial charge in [0.05, 0.1) is 18.7 Å². The Morgan fingerprint density at radius 3 is 2.61 bits per heavy atom. The number of ketones is 1. The monoisotopic (exact) mass is 319 g/mol. The Morgan fingerprint density at radius 2 is 2.04 bits per heavy atom. The van der Waals surface area contributed by atoms with Crippen LogP contribution in [-0.4, -0.2) is 40.5 Å². The fourth-order valence-electron chi connectivity index (χ4n) is 2.78. The summed E-state index contributed by atoms with van der Waals surface area (Å²) in [7, 11) is 1.42. The lowest BCUT2D eigenvalue weighted by molar-refractivity contribution is -0.129. The highest BCUT2D eigenvalue weighted by molar-refractivity contribution is 6.08. The van der Waals surface area contributed by atoms with Crippen LogP contribution in [0.15, 0.2) is 29.5 Å². The highest BCUT2D eigenvalue weighted by Crippen LogP contribution is 2.40. The summed E-state index contributed by atoms with van der Waals surface area (Å²) in [4.78, 5) is 25.8. The van der Waals surface area contributed by atoms with Gasteiger partial charge in [-0.1, -0.05) is 19.4 Å². The Bertz CT molecular complexity index is 665. The van der Waals surface area contributed by atoms with Gasteiger partial charge in [-0.15, -0.1) is 0 Å². The average Bonchev–Trinajstić information content (AvgIpc) is 2.77. The number of amides is 1. The Hall–Kier alpha value is -2.50. The summed E-state index contributed by atoms with van der Waals surface area (Å²) < 4.78 is 5.09. The summed E-state index contributed by atoms with van der Waals surface area (Å²) in [5, 5.41) is 19.8. The molecule has 1 aromatic carbocycles. The number of ether oxygens (including phenoxy) is 1. The number of benzene rings is 1. The number of Topliss-reactive ketones (excluding diaryl/α,β-unsaturated/α-hetero) is 1. The van der Waals surface area contributed by atoms with E-state index in [2.05, 4.69) is 0 Å². The molecule has 0 saturated carbocycles. The highest BCUT2D eigenvalue weighted by Gasteiger charge is 2.42. The van der Waals surface area contributed by atoms with E-state index in [1.54, 1.807) is 12.1 Å². The summed E-state index contributed by atoms with van der Waals surface area (Å²) in [5.41, 5.74) is 0.692. The van der Waals surface area contributed by atoms with Gasteiger partial charge < -0.3 is 19.8 Å². The summed E-state index contributed by atoms with van der Waals surface area (Å²) in [6.45, 7) is 3.76. The minimum Gasteiger partial charge on any atom is -0.504 e. The van der Waals surface area contributed by atoms with Crippen molar-refractivity contribution in [3.05, 3.63) is 35.1 Å². The smallest absolute Gasteiger partial charge is 0.290 e. The molecule has 6 nitrogen and oxygen atoms in total. The molecule has 0 fully saturated rings. The molecule has 0 aromatic heterocycles. The van der Waals surface area contributed by atoms with E-state index >= 15 is 0 Å². The number of aliphatic hydroxyl groups excluding tert-OH is 1. The molecule has 0 spiro atoms. The molecule has 0 saturated heterocycles. The average molecular weight is 319 g/mol. The SMILES string of the molecule is CCCCN1C(=O)C(O)=C(C(C)=O)C1c1ccc(O)c(OC)c1. The first-order valence-electron chi connectivity index (χ1n) is 7.54. The molecule has 1 unspecified atom stereocenters. The molecular formula is C17H21NO5. The Labute approximate surface area is 135 Å². The standard InChI is InChI=1S/C17H21NO5/c1-4-5-8-18-15(14(10(2)19)16(21)17(18)22)11-6-7-12(20)13(9-11)23-3/h6-7,9,15,20-21H,4-5,8H2,1-3H3. The predicted octanol–water partition coefficient (Wildman–Crippen LogP) is 2.49. The van der Waals surface area contributed by atoms with Gasteiger partial charge in [0.1, 0.15) is 0 Å². The van der Waals surface area contributed by atoms with Crippen LogP contribution >= 0.6 is 0 Å². The molecule has 0 bridgehead atoms. The Kier molecular flexibility index (Phi) is 4.93. The third-order valence-electron chi connectivity index (χ3n) is 3.96. The van der Waals surface area contributed by atoms with Gasteiger partial charge in [0.25, 0.3) is 5.91 Å². The molecule has 124 valence electrons. The van der Waals surface area contributed by atoms with Crippen LogP contribution in [0.1, 0.15) is 38.3 Å². The van der Waals surface area contributed by atoms with Gasteiger partial charge in [-0.05, 0) is 31.0 Å². The zero-order valence-corrected chi connectivity index (χ0v) is 13.5. The highest BCUT2D eigenvalue weighted by atomic mass is 16.5. The third-order valence-corrected chi connectivity index (χ3v) is 3.96. The van der Waals surface area contributed by atoms with Gasteiger partial charge in [-0.25, -0.2) is 0 Å². The number of rotatable bonds is 6. The van der Waals surface area contributed by atoms with E-state index in [-0.39, 0.29) is 22.9 Å². The third kappa shape index (κ3) is 3.02. The molecule has 0 aliphatic carbocycles. The summed E-state index contributed by atoms with van der Waals surface area (Å²) in [6, 6.07) is 3.98. The fraction of sp³-hybridized carbons (Fsp3) is 0.412. The first kappa shape index (κ1) is 16.9. The van der Waals surface area contributed by atoms with Gasteiger partial charge in [-0.2, -0.15) is 0 Å². The molecule has 1 aliphatic heterocycles. The van der Waals surface area contributed by atoms with E-state index in [9.17, 15) is 19.8 Å². The number of phenolic OH excluding ortho intramolecular Hbond substituents is 1. The van der Waals surface area contributed by atoms with Crippen molar-refractivity contribution < 1.29 is 24.5 Å². The maximum atomic E-state index is 12.3. The van der Waals surface area contributed by atoms with E-state index in [1.807, 2.05) is 6.92 Å². The molecule has 2 rings (SSSR count). The quantitative estimate of drug-likeness (QED) is 0.841. The summed E-state index contributed by atoms with van der Waals surface area (Å²) >= 11 is 0. The van der Waals surface area contributed by atoms with Crippen LogP contribution in [0.2, 0.25) is 0 Å². The molecule has 1 aromatic rings. The lowest BCUT2D eigenvalue weighted by Crippen LogP contribution is -2.31. The van der Waals surface area contributed by atoms with Crippen LogP contribution in [0, 0.1) is 0 Å². The molecule has 1 heterocycles. The van der Waals surface area contributed by atoms with Gasteiger partial charge in [0, 0.05) is 6.54 Å². The van der Waals surface area contributed by atoms with Gasteiger partial charge in [0.15, 0.2) is 23.0 Å². The van der Waals surface area contributed by atoms with Crippen molar-refractivity contribution in [3.8, 4) is 11.5 Å². The van der Waals surface area contributed by atoms with Crippen LogP contribution in [0.4, 0.5) is 0 Å². The second kappa shape index (κ2) is 6.73. The van der Waals surface area contributed by atoms with Crippen LogP contribution < -0.4 is 4.74 Å². The van der Waals surface area contributed by atoms with Crippen molar-refractivity contribution in [1.82, 2.24) is 4.90 Å². The lowest BCUT2D eigenvalue weighted by Gasteiger charge is -2.26. The predicted molar refractivity (Wildman–Crippen MR) is 84.4 cm³/mol. The van der Waals surface area contributed by atoms with Crippen molar-refractivity contribution in [2.24, 2.45) is 0 Å². The van der Waals surface area contributed by atoms with Crippen molar-refractivity contribution >= 4 is 11.7 Å². The van der Waals surface area contributed by atoms with Gasteiger partial charge in [-0.3, -0.25) is 9.59 Å². The Balaban J connectivity index is 2.52. The number of methoxy groups -OCH3 is 1. The van der Waals surface area contributed by atoms with Crippen LogP contribution in [0.3, 0.4) is 0 Å². The maximum absolute atomic E-state index is 12.3. The van der Waals surface area contributed by atoms with Crippen molar-refractivity contribution in [1.29, 1.82) is 0 Å². The van der Waals surface area contributed by atoms with E-state index in [4.69, 9.17) is 4.74 Å². The second-order valence-electron chi connectivity index (χ2n) is 5.50. The number of hydrogen-bond donors (Lipinski definition) is 2. The first-order chi connectivity index (χ1) is 10.9. The molecular weight excluding hydrogens is 298 g/mol. The van der Waals surface area contributed by atoms with E-state index in [1.165, 1.54) is 25.0 Å². The van der Waals surface area contributed by atoms with Gasteiger partial charge >= 0.3 is 0 Å². The number of unbranched alkanes of at least 4 members (excludes halogenated alkanes) is 1. The maximum Gasteiger partial charge on any atom is 0.290 e. The minimum atomic E-state index is -0.666. The largest absolute Gasteiger partial charge is 0.504 e. The number of nitrogens with zero attached hydrogens (tertiary/aromatic N) is 1. The van der Waals surface area contributed by atoms with Crippen LogP contribution in [-0.2, 0) is 9.59 Å². The molecule has 6 heteroatoms. The lowest BCUT2D eigenvalue weighted by atomic mass is 9.96. The normalized spacial score (nSPS) is 17.8. The summed E-state index contributed by atoms with van der Waals surface area (Å²) in [5.74, 6) is -1.17. The topological polar surface area (TPSA) is 87.1 Å². The Morgan fingerprint density at radius 1 is 1.35 bits per heavy atom. The summed E-state index contributed by atoms with van der Waals surface area (Å²) in [6.07, 6.45) is 1.64. The minimum absolute atomic E-state index is 0.0294. The molecule has 23 heavy (non-hydrogen) atoms. The van der Waals surface area contributed by atoms with E-state index in [0.717, 1.165) is 12.8 Å². The number of carbonyl (C=O) groups excluding carboxylic acids is 2.